The summed E-state index contributed by atoms with van der Waals surface area (Å²) in [6.07, 6.45) is 1.82. The summed E-state index contributed by atoms with van der Waals surface area (Å²) in [6, 6.07) is 10.5. The van der Waals surface area contributed by atoms with E-state index in [2.05, 4.69) is 41.3 Å². The molecule has 3 rings (SSSR count). The van der Waals surface area contributed by atoms with Crippen molar-refractivity contribution in [3.8, 4) is 0 Å². The van der Waals surface area contributed by atoms with Gasteiger partial charge in [0.25, 0.3) is 0 Å². The molecule has 1 unspecified atom stereocenters. The maximum Gasteiger partial charge on any atom is 0.0798 e. The molecule has 2 heterocycles. The van der Waals surface area contributed by atoms with Crippen molar-refractivity contribution >= 4 is 27.9 Å². The van der Waals surface area contributed by atoms with Gasteiger partial charge in [0.2, 0.25) is 0 Å². The second-order valence-corrected chi connectivity index (χ2v) is 5.43. The van der Waals surface area contributed by atoms with Crippen LogP contribution in [-0.2, 0) is 0 Å². The van der Waals surface area contributed by atoms with Crippen LogP contribution in [-0.4, -0.2) is 9.97 Å². The minimum atomic E-state index is 0.248. The molecule has 3 aromatic rings. The molecule has 0 spiro atoms. The van der Waals surface area contributed by atoms with E-state index in [9.17, 15) is 0 Å². The summed E-state index contributed by atoms with van der Waals surface area (Å²) in [5.74, 6) is 0. The van der Waals surface area contributed by atoms with Crippen molar-refractivity contribution in [1.82, 2.24) is 9.97 Å². The Balaban J connectivity index is 1.96. The van der Waals surface area contributed by atoms with Crippen LogP contribution >= 0.6 is 11.3 Å². The number of nitrogens with zero attached hydrogens (tertiary/aromatic N) is 2. The lowest BCUT2D eigenvalue weighted by Gasteiger charge is -2.16. The van der Waals surface area contributed by atoms with Gasteiger partial charge >= 0.3 is 0 Å². The summed E-state index contributed by atoms with van der Waals surface area (Å²) < 4.78 is 0. The number of pyridine rings is 1. The molecule has 2 aromatic heterocycles. The third-order valence-electron chi connectivity index (χ3n) is 3.19. The lowest BCUT2D eigenvalue weighted by Crippen LogP contribution is -2.06. The topological polar surface area (TPSA) is 37.8 Å². The van der Waals surface area contributed by atoms with Crippen LogP contribution in [0.2, 0.25) is 0 Å². The summed E-state index contributed by atoms with van der Waals surface area (Å²) in [7, 11) is 0. The number of anilines is 1. The molecule has 1 atom stereocenters. The number of aryl methyl sites for hydroxylation is 1. The molecule has 0 aliphatic rings. The molecular formula is C15H15N3S. The van der Waals surface area contributed by atoms with Crippen molar-refractivity contribution in [3.05, 3.63) is 52.6 Å². The standard InChI is InChI=1S/C15H15N3S/c1-10-15(19-9-17-10)11(2)18-14-7-3-6-13-12(14)5-4-8-16-13/h3-9,11,18H,1-2H3. The van der Waals surface area contributed by atoms with Gasteiger partial charge in [0.15, 0.2) is 0 Å². The molecule has 0 aliphatic heterocycles. The average molecular weight is 269 g/mol. The van der Waals surface area contributed by atoms with Gasteiger partial charge in [0, 0.05) is 22.1 Å². The normalized spacial score (nSPS) is 12.5. The number of hydrogen-bond acceptors (Lipinski definition) is 4. The molecular weight excluding hydrogens is 254 g/mol. The predicted molar refractivity (Wildman–Crippen MR) is 80.6 cm³/mol. The number of rotatable bonds is 3. The van der Waals surface area contributed by atoms with Crippen LogP contribution in [0.15, 0.2) is 42.0 Å². The number of fused-ring (bicyclic) bond motifs is 1. The van der Waals surface area contributed by atoms with Crippen molar-refractivity contribution in [1.29, 1.82) is 0 Å². The molecule has 0 saturated carbocycles. The quantitative estimate of drug-likeness (QED) is 0.775. The molecule has 1 aromatic carbocycles. The van der Waals surface area contributed by atoms with Crippen LogP contribution in [0.4, 0.5) is 5.69 Å². The highest BCUT2D eigenvalue weighted by molar-refractivity contribution is 7.09. The predicted octanol–water partition coefficient (Wildman–Crippen LogP) is 4.17. The van der Waals surface area contributed by atoms with Gasteiger partial charge in [-0.15, -0.1) is 11.3 Å². The molecule has 0 amide bonds. The fourth-order valence-corrected chi connectivity index (χ4v) is 3.07. The summed E-state index contributed by atoms with van der Waals surface area (Å²) >= 11 is 1.69. The molecule has 19 heavy (non-hydrogen) atoms. The van der Waals surface area contributed by atoms with Crippen LogP contribution in [0.1, 0.15) is 23.5 Å². The largest absolute Gasteiger partial charge is 0.377 e. The zero-order chi connectivity index (χ0) is 13.2. The minimum Gasteiger partial charge on any atom is -0.377 e. The average Bonchev–Trinajstić information content (AvgIpc) is 2.85. The van der Waals surface area contributed by atoms with Crippen molar-refractivity contribution in [2.45, 2.75) is 19.9 Å². The van der Waals surface area contributed by atoms with E-state index in [4.69, 9.17) is 0 Å². The first kappa shape index (κ1) is 12.1. The first-order valence-corrected chi connectivity index (χ1v) is 7.14. The Hall–Kier alpha value is -1.94. The Bertz CT molecular complexity index is 700. The smallest absolute Gasteiger partial charge is 0.0798 e. The lowest BCUT2D eigenvalue weighted by molar-refractivity contribution is 0.892. The highest BCUT2D eigenvalue weighted by Gasteiger charge is 2.12. The Morgan fingerprint density at radius 2 is 2.05 bits per heavy atom. The van der Waals surface area contributed by atoms with Gasteiger partial charge in [-0.3, -0.25) is 4.98 Å². The zero-order valence-corrected chi connectivity index (χ0v) is 11.7. The maximum absolute atomic E-state index is 4.38. The third kappa shape index (κ3) is 2.31. The molecule has 4 heteroatoms. The first-order valence-electron chi connectivity index (χ1n) is 6.26. The minimum absolute atomic E-state index is 0.248. The molecule has 0 saturated heterocycles. The number of benzene rings is 1. The van der Waals surface area contributed by atoms with Crippen LogP contribution in [0.25, 0.3) is 10.9 Å². The van der Waals surface area contributed by atoms with E-state index in [1.54, 1.807) is 11.3 Å². The summed E-state index contributed by atoms with van der Waals surface area (Å²) in [4.78, 5) is 9.97. The summed E-state index contributed by atoms with van der Waals surface area (Å²) in [6.45, 7) is 4.21. The lowest BCUT2D eigenvalue weighted by atomic mass is 10.1. The number of aromatic nitrogens is 2. The van der Waals surface area contributed by atoms with Gasteiger partial charge < -0.3 is 5.32 Å². The fraction of sp³-hybridized carbons (Fsp3) is 0.200. The van der Waals surface area contributed by atoms with Crippen LogP contribution < -0.4 is 5.32 Å². The van der Waals surface area contributed by atoms with E-state index in [-0.39, 0.29) is 6.04 Å². The molecule has 1 N–H and O–H groups in total. The van der Waals surface area contributed by atoms with Gasteiger partial charge in [-0.05, 0) is 38.1 Å². The van der Waals surface area contributed by atoms with Crippen molar-refractivity contribution < 1.29 is 0 Å². The molecule has 3 nitrogen and oxygen atoms in total. The van der Waals surface area contributed by atoms with Crippen molar-refractivity contribution in [2.24, 2.45) is 0 Å². The van der Waals surface area contributed by atoms with Gasteiger partial charge in [0.1, 0.15) is 0 Å². The monoisotopic (exact) mass is 269 g/mol. The van der Waals surface area contributed by atoms with Gasteiger partial charge in [-0.1, -0.05) is 6.07 Å². The second kappa shape index (κ2) is 4.97. The summed E-state index contributed by atoms with van der Waals surface area (Å²) in [5.41, 5.74) is 5.13. The highest BCUT2D eigenvalue weighted by atomic mass is 32.1. The van der Waals surface area contributed by atoms with Crippen molar-refractivity contribution in [2.75, 3.05) is 5.32 Å². The Morgan fingerprint density at radius 3 is 2.84 bits per heavy atom. The zero-order valence-electron chi connectivity index (χ0n) is 10.9. The first-order chi connectivity index (χ1) is 9.25. The second-order valence-electron chi connectivity index (χ2n) is 4.54. The molecule has 0 fully saturated rings. The Labute approximate surface area is 116 Å². The molecule has 0 bridgehead atoms. The van der Waals surface area contributed by atoms with Crippen molar-refractivity contribution in [3.63, 3.8) is 0 Å². The van der Waals surface area contributed by atoms with Crippen LogP contribution in [0.3, 0.4) is 0 Å². The van der Waals surface area contributed by atoms with Gasteiger partial charge in [0.05, 0.1) is 22.8 Å². The fourth-order valence-electron chi connectivity index (χ4n) is 2.25. The third-order valence-corrected chi connectivity index (χ3v) is 4.31. The molecule has 0 aliphatic carbocycles. The molecule has 96 valence electrons. The van der Waals surface area contributed by atoms with Crippen LogP contribution in [0.5, 0.6) is 0 Å². The van der Waals surface area contributed by atoms with Gasteiger partial charge in [-0.2, -0.15) is 0 Å². The highest BCUT2D eigenvalue weighted by Crippen LogP contribution is 2.28. The van der Waals surface area contributed by atoms with E-state index in [0.717, 1.165) is 22.3 Å². The van der Waals surface area contributed by atoms with Gasteiger partial charge in [-0.25, -0.2) is 4.98 Å². The Kier molecular flexibility index (Phi) is 3.17. The van der Waals surface area contributed by atoms with Crippen LogP contribution in [0, 0.1) is 6.92 Å². The number of thiazole rings is 1. The summed E-state index contributed by atoms with van der Waals surface area (Å²) in [5, 5.41) is 4.71. The Morgan fingerprint density at radius 1 is 1.16 bits per heavy atom. The van der Waals surface area contributed by atoms with E-state index >= 15 is 0 Å². The maximum atomic E-state index is 4.38. The van der Waals surface area contributed by atoms with E-state index < -0.39 is 0 Å². The number of hydrogen-bond donors (Lipinski definition) is 1. The number of nitrogens with one attached hydrogen (secondary N) is 1. The SMILES string of the molecule is Cc1ncsc1C(C)Nc1cccc2ncccc12. The van der Waals surface area contributed by atoms with E-state index in [1.807, 2.05) is 29.9 Å². The van der Waals surface area contributed by atoms with E-state index in [1.165, 1.54) is 4.88 Å². The van der Waals surface area contributed by atoms with E-state index in [0.29, 0.717) is 0 Å². The molecule has 0 radical (unpaired) electrons.